The summed E-state index contributed by atoms with van der Waals surface area (Å²) in [6.45, 7) is 5.47. The average molecular weight is 443 g/mol. The molecule has 0 unspecified atom stereocenters. The standard InChI is InChI=1S/C23H30N4O5/c1-4-31-20-18(12-25-22(26-20)32-5-2)23(29)16-7-6-8-17(23)14-27(13-16)21(28)15-9-10-24-19(11-15)30-3/h9-12,16-17,29H,4-8,13-14H2,1-3H3/t16-,17-/m0/s1. The van der Waals surface area contributed by atoms with Gasteiger partial charge in [-0.3, -0.25) is 4.79 Å². The Kier molecular flexibility index (Phi) is 6.45. The lowest BCUT2D eigenvalue weighted by molar-refractivity contribution is -0.141. The van der Waals surface area contributed by atoms with Gasteiger partial charge in [0.05, 0.1) is 25.9 Å². The van der Waals surface area contributed by atoms with Gasteiger partial charge in [0.1, 0.15) is 5.60 Å². The molecule has 2 aliphatic rings. The largest absolute Gasteiger partial charge is 0.481 e. The van der Waals surface area contributed by atoms with E-state index in [1.54, 1.807) is 24.5 Å². The Morgan fingerprint density at radius 1 is 1.19 bits per heavy atom. The van der Waals surface area contributed by atoms with Gasteiger partial charge in [0, 0.05) is 48.9 Å². The summed E-state index contributed by atoms with van der Waals surface area (Å²) < 4.78 is 16.4. The predicted molar refractivity (Wildman–Crippen MR) is 116 cm³/mol. The first-order valence-electron chi connectivity index (χ1n) is 11.2. The third kappa shape index (κ3) is 3.97. The molecule has 1 amide bonds. The molecule has 2 fully saturated rings. The minimum Gasteiger partial charge on any atom is -0.481 e. The zero-order chi connectivity index (χ0) is 22.7. The van der Waals surface area contributed by atoms with Gasteiger partial charge >= 0.3 is 6.01 Å². The van der Waals surface area contributed by atoms with Gasteiger partial charge in [-0.2, -0.15) is 4.98 Å². The maximum atomic E-state index is 13.2. The molecule has 2 aromatic rings. The van der Waals surface area contributed by atoms with Crippen LogP contribution in [0.15, 0.2) is 24.5 Å². The monoisotopic (exact) mass is 442 g/mol. The molecule has 1 saturated heterocycles. The molecule has 4 rings (SSSR count). The normalized spacial score (nSPS) is 24.7. The quantitative estimate of drug-likeness (QED) is 0.697. The Bertz CT molecular complexity index is 955. The number of aliphatic hydroxyl groups is 1. The number of piperidine rings is 1. The van der Waals surface area contributed by atoms with Gasteiger partial charge in [0.15, 0.2) is 0 Å². The number of fused-ring (bicyclic) bond motifs is 2. The van der Waals surface area contributed by atoms with E-state index < -0.39 is 5.60 Å². The molecule has 0 aromatic carbocycles. The lowest BCUT2D eigenvalue weighted by Gasteiger charge is -2.53. The number of hydrogen-bond donors (Lipinski definition) is 1. The van der Waals surface area contributed by atoms with Crippen LogP contribution in [0.4, 0.5) is 0 Å². The van der Waals surface area contributed by atoms with E-state index in [1.807, 2.05) is 18.7 Å². The van der Waals surface area contributed by atoms with Crippen molar-refractivity contribution in [2.24, 2.45) is 11.8 Å². The van der Waals surface area contributed by atoms with E-state index in [-0.39, 0.29) is 23.8 Å². The molecule has 1 N–H and O–H groups in total. The Hall–Kier alpha value is -2.94. The van der Waals surface area contributed by atoms with E-state index in [0.29, 0.717) is 49.2 Å². The van der Waals surface area contributed by atoms with Crippen molar-refractivity contribution >= 4 is 5.91 Å². The van der Waals surface area contributed by atoms with E-state index >= 15 is 0 Å². The van der Waals surface area contributed by atoms with E-state index in [9.17, 15) is 9.90 Å². The second-order valence-corrected chi connectivity index (χ2v) is 8.18. The van der Waals surface area contributed by atoms with Crippen LogP contribution in [0.2, 0.25) is 0 Å². The van der Waals surface area contributed by atoms with Gasteiger partial charge in [-0.1, -0.05) is 6.42 Å². The van der Waals surface area contributed by atoms with Crippen LogP contribution in [0.5, 0.6) is 17.8 Å². The van der Waals surface area contributed by atoms with Crippen molar-refractivity contribution in [1.82, 2.24) is 19.9 Å². The molecule has 2 bridgehead atoms. The maximum absolute atomic E-state index is 13.2. The number of carbonyl (C=O) groups is 1. The van der Waals surface area contributed by atoms with E-state index in [2.05, 4.69) is 15.0 Å². The zero-order valence-corrected chi connectivity index (χ0v) is 18.8. The van der Waals surface area contributed by atoms with Crippen LogP contribution in [-0.4, -0.2) is 64.3 Å². The van der Waals surface area contributed by atoms with E-state index in [4.69, 9.17) is 14.2 Å². The number of methoxy groups -OCH3 is 1. The highest BCUT2D eigenvalue weighted by molar-refractivity contribution is 5.94. The molecule has 0 spiro atoms. The summed E-state index contributed by atoms with van der Waals surface area (Å²) in [5.74, 6) is 0.367. The number of aromatic nitrogens is 3. The van der Waals surface area contributed by atoms with Crippen molar-refractivity contribution in [2.45, 2.75) is 38.7 Å². The Morgan fingerprint density at radius 3 is 2.56 bits per heavy atom. The van der Waals surface area contributed by atoms with E-state index in [0.717, 1.165) is 19.3 Å². The minimum atomic E-state index is -1.17. The average Bonchev–Trinajstić information content (AvgIpc) is 2.79. The number of pyridine rings is 1. The summed E-state index contributed by atoms with van der Waals surface area (Å²) in [6, 6.07) is 3.56. The molecular formula is C23H30N4O5. The van der Waals surface area contributed by atoms with Gasteiger partial charge in [0.2, 0.25) is 11.8 Å². The summed E-state index contributed by atoms with van der Waals surface area (Å²) >= 11 is 0. The highest BCUT2D eigenvalue weighted by Gasteiger charge is 2.54. The molecule has 0 radical (unpaired) electrons. The highest BCUT2D eigenvalue weighted by Crippen LogP contribution is 2.51. The van der Waals surface area contributed by atoms with Gasteiger partial charge in [-0.15, -0.1) is 0 Å². The van der Waals surface area contributed by atoms with Crippen molar-refractivity contribution in [2.75, 3.05) is 33.4 Å². The fraction of sp³-hybridized carbons (Fsp3) is 0.565. The van der Waals surface area contributed by atoms with Crippen LogP contribution in [0.3, 0.4) is 0 Å². The summed E-state index contributed by atoms with van der Waals surface area (Å²) in [5, 5.41) is 12.0. The first kappa shape index (κ1) is 22.3. The molecular weight excluding hydrogens is 412 g/mol. The molecule has 1 aliphatic heterocycles. The summed E-state index contributed by atoms with van der Waals surface area (Å²) in [6.07, 6.45) is 5.80. The highest BCUT2D eigenvalue weighted by atomic mass is 16.5. The Balaban J connectivity index is 1.64. The van der Waals surface area contributed by atoms with Gasteiger partial charge in [-0.25, -0.2) is 9.97 Å². The molecule has 9 nitrogen and oxygen atoms in total. The Labute approximate surface area is 187 Å². The zero-order valence-electron chi connectivity index (χ0n) is 18.8. The summed E-state index contributed by atoms with van der Waals surface area (Å²) in [4.78, 5) is 27.8. The van der Waals surface area contributed by atoms with Crippen molar-refractivity contribution in [3.8, 4) is 17.8 Å². The molecule has 1 saturated carbocycles. The first-order valence-corrected chi connectivity index (χ1v) is 11.2. The number of nitrogens with zero attached hydrogens (tertiary/aromatic N) is 4. The van der Waals surface area contributed by atoms with Crippen molar-refractivity contribution < 1.29 is 24.1 Å². The van der Waals surface area contributed by atoms with Crippen LogP contribution >= 0.6 is 0 Å². The van der Waals surface area contributed by atoms with Crippen molar-refractivity contribution in [1.29, 1.82) is 0 Å². The van der Waals surface area contributed by atoms with Crippen LogP contribution in [0, 0.1) is 11.8 Å². The summed E-state index contributed by atoms with van der Waals surface area (Å²) in [5.41, 5.74) is -0.0600. The van der Waals surface area contributed by atoms with Gasteiger partial charge < -0.3 is 24.2 Å². The first-order chi connectivity index (χ1) is 15.5. The second-order valence-electron chi connectivity index (χ2n) is 8.18. The van der Waals surface area contributed by atoms with Crippen LogP contribution in [0.1, 0.15) is 49.0 Å². The number of likely N-dealkylation sites (tertiary alicyclic amines) is 1. The molecule has 2 aromatic heterocycles. The Morgan fingerprint density at radius 2 is 1.91 bits per heavy atom. The number of hydrogen-bond acceptors (Lipinski definition) is 8. The predicted octanol–water partition coefficient (Wildman–Crippen LogP) is 2.44. The molecule has 32 heavy (non-hydrogen) atoms. The minimum absolute atomic E-state index is 0.0855. The fourth-order valence-electron chi connectivity index (χ4n) is 4.96. The third-order valence-corrected chi connectivity index (χ3v) is 6.43. The van der Waals surface area contributed by atoms with Crippen LogP contribution in [-0.2, 0) is 5.60 Å². The number of carbonyl (C=O) groups excluding carboxylic acids is 1. The number of amides is 1. The smallest absolute Gasteiger partial charge is 0.319 e. The second kappa shape index (κ2) is 9.28. The number of ether oxygens (including phenoxy) is 3. The van der Waals surface area contributed by atoms with Crippen molar-refractivity contribution in [3.63, 3.8) is 0 Å². The lowest BCUT2D eigenvalue weighted by atomic mass is 9.63. The van der Waals surface area contributed by atoms with Crippen LogP contribution in [0.25, 0.3) is 0 Å². The maximum Gasteiger partial charge on any atom is 0.319 e. The lowest BCUT2D eigenvalue weighted by Crippen LogP contribution is -2.59. The topological polar surface area (TPSA) is 107 Å². The SMILES string of the molecule is CCOc1ncc(C2(O)[C@H]3CCC[C@H]2CN(C(=O)c2ccnc(OC)c2)C3)c(OCC)n1. The molecule has 172 valence electrons. The molecule has 3 heterocycles. The molecule has 1 aliphatic carbocycles. The van der Waals surface area contributed by atoms with Crippen LogP contribution < -0.4 is 14.2 Å². The van der Waals surface area contributed by atoms with Gasteiger partial charge in [0.25, 0.3) is 5.91 Å². The fourth-order valence-corrected chi connectivity index (χ4v) is 4.96. The summed E-state index contributed by atoms with van der Waals surface area (Å²) in [7, 11) is 1.52. The van der Waals surface area contributed by atoms with Crippen molar-refractivity contribution in [3.05, 3.63) is 35.7 Å². The van der Waals surface area contributed by atoms with E-state index in [1.165, 1.54) is 7.11 Å². The molecule has 9 heteroatoms. The van der Waals surface area contributed by atoms with Gasteiger partial charge in [-0.05, 0) is 32.8 Å². The third-order valence-electron chi connectivity index (χ3n) is 6.43. The molecule has 2 atom stereocenters. The number of rotatable bonds is 7.